The average molecular weight is 349 g/mol. The highest BCUT2D eigenvalue weighted by molar-refractivity contribution is 6.13. The largest absolute Gasteiger partial charge is 0.339 e. The van der Waals surface area contributed by atoms with Gasteiger partial charge in [-0.1, -0.05) is 13.8 Å². The third kappa shape index (κ3) is 3.91. The van der Waals surface area contributed by atoms with Crippen LogP contribution in [-0.4, -0.2) is 70.0 Å². The Labute approximate surface area is 148 Å². The van der Waals surface area contributed by atoms with E-state index >= 15 is 0 Å². The van der Waals surface area contributed by atoms with Crippen LogP contribution >= 0.6 is 0 Å². The molecule has 0 bridgehead atoms. The number of nitrogens with zero attached hydrogens (tertiary/aromatic N) is 3. The molecule has 7 nitrogen and oxygen atoms in total. The van der Waals surface area contributed by atoms with E-state index in [1.807, 2.05) is 13.8 Å². The van der Waals surface area contributed by atoms with Crippen LogP contribution in [0.15, 0.2) is 12.2 Å². The molecule has 2 rings (SSSR count). The molecule has 0 N–H and O–H groups in total. The van der Waals surface area contributed by atoms with E-state index in [0.29, 0.717) is 32.6 Å². The molecule has 2 heterocycles. The highest BCUT2D eigenvalue weighted by Gasteiger charge is 2.44. The van der Waals surface area contributed by atoms with Gasteiger partial charge in [0.1, 0.15) is 0 Å². The maximum Gasteiger partial charge on any atom is 0.254 e. The van der Waals surface area contributed by atoms with Crippen molar-refractivity contribution < 1.29 is 19.2 Å². The Morgan fingerprint density at radius 1 is 0.920 bits per heavy atom. The second-order valence-electron chi connectivity index (χ2n) is 8.02. The Morgan fingerprint density at radius 3 is 1.80 bits per heavy atom. The SMILES string of the molecule is CC(=O)N1CCN(C(=O)C(C)(C)CC(C)(C)N2C(=O)C=CC2=O)CC1. The van der Waals surface area contributed by atoms with E-state index in [1.54, 1.807) is 23.6 Å². The van der Waals surface area contributed by atoms with Crippen molar-refractivity contribution in [2.45, 2.75) is 46.6 Å². The van der Waals surface area contributed by atoms with Crippen molar-refractivity contribution in [3.8, 4) is 0 Å². The van der Waals surface area contributed by atoms with E-state index in [1.165, 1.54) is 24.0 Å². The van der Waals surface area contributed by atoms with E-state index in [-0.39, 0.29) is 23.6 Å². The molecule has 0 radical (unpaired) electrons. The molecule has 1 saturated heterocycles. The van der Waals surface area contributed by atoms with Crippen LogP contribution in [0.2, 0.25) is 0 Å². The molecule has 0 aromatic rings. The molecular formula is C18H27N3O4. The van der Waals surface area contributed by atoms with Crippen LogP contribution in [0.25, 0.3) is 0 Å². The van der Waals surface area contributed by atoms with Crippen molar-refractivity contribution in [2.24, 2.45) is 5.41 Å². The molecule has 7 heteroatoms. The summed E-state index contributed by atoms with van der Waals surface area (Å²) in [5.74, 6) is -0.677. The number of piperazine rings is 1. The van der Waals surface area contributed by atoms with Crippen molar-refractivity contribution in [3.63, 3.8) is 0 Å². The van der Waals surface area contributed by atoms with Crippen molar-refractivity contribution in [3.05, 3.63) is 12.2 Å². The molecule has 2 aliphatic rings. The van der Waals surface area contributed by atoms with Gasteiger partial charge in [0.05, 0.1) is 0 Å². The first-order chi connectivity index (χ1) is 11.5. The summed E-state index contributed by atoms with van der Waals surface area (Å²) in [6, 6.07) is 0. The Morgan fingerprint density at radius 2 is 1.36 bits per heavy atom. The lowest BCUT2D eigenvalue weighted by Crippen LogP contribution is -2.56. The van der Waals surface area contributed by atoms with Gasteiger partial charge < -0.3 is 9.80 Å². The van der Waals surface area contributed by atoms with Gasteiger partial charge in [0.2, 0.25) is 11.8 Å². The minimum Gasteiger partial charge on any atom is -0.339 e. The molecule has 0 aliphatic carbocycles. The third-order valence-corrected chi connectivity index (χ3v) is 4.88. The summed E-state index contributed by atoms with van der Waals surface area (Å²) in [7, 11) is 0. The minimum absolute atomic E-state index is 0.0177. The molecule has 4 amide bonds. The molecule has 0 aromatic carbocycles. The van der Waals surface area contributed by atoms with Gasteiger partial charge in [-0.15, -0.1) is 0 Å². The Bertz CT molecular complexity index is 610. The van der Waals surface area contributed by atoms with Crippen LogP contribution in [0, 0.1) is 5.41 Å². The van der Waals surface area contributed by atoms with Crippen molar-refractivity contribution >= 4 is 23.6 Å². The second-order valence-corrected chi connectivity index (χ2v) is 8.02. The Kier molecular flexibility index (Phi) is 5.06. The molecule has 0 atom stereocenters. The van der Waals surface area contributed by atoms with Gasteiger partial charge in [0.25, 0.3) is 11.8 Å². The first-order valence-corrected chi connectivity index (χ1v) is 8.57. The molecule has 1 fully saturated rings. The predicted molar refractivity (Wildman–Crippen MR) is 92.3 cm³/mol. The molecule has 138 valence electrons. The van der Waals surface area contributed by atoms with Crippen molar-refractivity contribution in [1.29, 1.82) is 0 Å². The van der Waals surface area contributed by atoms with Gasteiger partial charge in [-0.05, 0) is 20.3 Å². The van der Waals surface area contributed by atoms with E-state index in [0.717, 1.165) is 0 Å². The maximum absolute atomic E-state index is 13.0. The van der Waals surface area contributed by atoms with Crippen LogP contribution in [0.5, 0.6) is 0 Å². The fourth-order valence-electron chi connectivity index (χ4n) is 3.89. The summed E-state index contributed by atoms with van der Waals surface area (Å²) in [4.78, 5) is 53.0. The zero-order chi connectivity index (χ0) is 19.0. The number of carbonyl (C=O) groups is 4. The van der Waals surface area contributed by atoms with Crippen molar-refractivity contribution in [1.82, 2.24) is 14.7 Å². The quantitative estimate of drug-likeness (QED) is 0.703. The van der Waals surface area contributed by atoms with Crippen LogP contribution in [0.4, 0.5) is 0 Å². The van der Waals surface area contributed by atoms with E-state index < -0.39 is 11.0 Å². The summed E-state index contributed by atoms with van der Waals surface area (Å²) in [5, 5.41) is 0. The number of amides is 4. The summed E-state index contributed by atoms with van der Waals surface area (Å²) >= 11 is 0. The minimum atomic E-state index is -0.766. The third-order valence-electron chi connectivity index (χ3n) is 4.88. The van der Waals surface area contributed by atoms with Crippen LogP contribution in [0.1, 0.15) is 41.0 Å². The summed E-state index contributed by atoms with van der Waals surface area (Å²) in [5.41, 5.74) is -1.50. The normalized spacial score (nSPS) is 19.0. The second kappa shape index (κ2) is 6.61. The first-order valence-electron chi connectivity index (χ1n) is 8.57. The van der Waals surface area contributed by atoms with Gasteiger partial charge in [-0.25, -0.2) is 0 Å². The lowest BCUT2D eigenvalue weighted by atomic mass is 9.78. The first kappa shape index (κ1) is 19.1. The molecule has 0 aromatic heterocycles. The predicted octanol–water partition coefficient (Wildman–Crippen LogP) is 0.797. The van der Waals surface area contributed by atoms with Gasteiger partial charge in [0.15, 0.2) is 0 Å². The lowest BCUT2D eigenvalue weighted by Gasteiger charge is -2.43. The monoisotopic (exact) mass is 349 g/mol. The molecule has 0 spiro atoms. The molecule has 0 saturated carbocycles. The Balaban J connectivity index is 2.05. The number of rotatable bonds is 4. The number of carbonyl (C=O) groups excluding carboxylic acids is 4. The van der Waals surface area contributed by atoms with E-state index in [2.05, 4.69) is 0 Å². The standard InChI is InChI=1S/C18H27N3O4/c1-13(22)19-8-10-20(11-9-19)16(25)17(2,3)12-18(4,5)21-14(23)6-7-15(21)24/h6-7H,8-12H2,1-5H3. The van der Waals surface area contributed by atoms with Gasteiger partial charge >= 0.3 is 0 Å². The smallest absolute Gasteiger partial charge is 0.254 e. The van der Waals surface area contributed by atoms with Crippen LogP contribution < -0.4 is 0 Å². The number of hydrogen-bond acceptors (Lipinski definition) is 4. The molecule has 25 heavy (non-hydrogen) atoms. The lowest BCUT2D eigenvalue weighted by molar-refractivity contribution is -0.151. The van der Waals surface area contributed by atoms with Gasteiger partial charge in [-0.2, -0.15) is 0 Å². The average Bonchev–Trinajstić information content (AvgIpc) is 2.85. The molecular weight excluding hydrogens is 322 g/mol. The highest BCUT2D eigenvalue weighted by atomic mass is 16.2. The molecule has 2 aliphatic heterocycles. The zero-order valence-electron chi connectivity index (χ0n) is 15.7. The highest BCUT2D eigenvalue weighted by Crippen LogP contribution is 2.35. The summed E-state index contributed by atoms with van der Waals surface area (Å²) in [6.45, 7) is 10.9. The van der Waals surface area contributed by atoms with Crippen LogP contribution in [0.3, 0.4) is 0 Å². The fourth-order valence-corrected chi connectivity index (χ4v) is 3.89. The van der Waals surface area contributed by atoms with Gasteiger partial charge in [-0.3, -0.25) is 24.1 Å². The van der Waals surface area contributed by atoms with Crippen molar-refractivity contribution in [2.75, 3.05) is 26.2 Å². The van der Waals surface area contributed by atoms with Gasteiger partial charge in [0, 0.05) is 56.2 Å². The topological polar surface area (TPSA) is 78.0 Å². The molecule has 0 unspecified atom stereocenters. The number of imide groups is 1. The zero-order valence-corrected chi connectivity index (χ0v) is 15.7. The fraction of sp³-hybridized carbons (Fsp3) is 0.667. The summed E-state index contributed by atoms with van der Waals surface area (Å²) < 4.78 is 0. The van der Waals surface area contributed by atoms with E-state index in [9.17, 15) is 19.2 Å². The number of hydrogen-bond donors (Lipinski definition) is 0. The maximum atomic E-state index is 13.0. The Hall–Kier alpha value is -2.18. The van der Waals surface area contributed by atoms with E-state index in [4.69, 9.17) is 0 Å². The van der Waals surface area contributed by atoms with Crippen LogP contribution in [-0.2, 0) is 19.2 Å². The summed E-state index contributed by atoms with van der Waals surface area (Å²) in [6.07, 6.45) is 2.89.